The van der Waals surface area contributed by atoms with Gasteiger partial charge in [0.25, 0.3) is 0 Å². The van der Waals surface area contributed by atoms with Gasteiger partial charge in [0.05, 0.1) is 29.3 Å². The van der Waals surface area contributed by atoms with Gasteiger partial charge in [-0.1, -0.05) is 23.9 Å². The molecular weight excluding hydrogens is 432 g/mol. The molecule has 0 spiro atoms. The van der Waals surface area contributed by atoms with Crippen LogP contribution in [-0.4, -0.2) is 53.1 Å². The first kappa shape index (κ1) is 23.9. The van der Waals surface area contributed by atoms with Gasteiger partial charge in [0.2, 0.25) is 0 Å². The molecule has 180 valence electrons. The van der Waals surface area contributed by atoms with Crippen LogP contribution in [0, 0.1) is 26.7 Å². The summed E-state index contributed by atoms with van der Waals surface area (Å²) in [6.45, 7) is 11.1. The lowest BCUT2D eigenvalue weighted by Crippen LogP contribution is -2.29. The van der Waals surface area contributed by atoms with Crippen molar-refractivity contribution in [2.24, 2.45) is 5.92 Å². The highest BCUT2D eigenvalue weighted by Gasteiger charge is 2.25. The molecule has 2 N–H and O–H groups in total. The van der Waals surface area contributed by atoms with E-state index in [0.717, 1.165) is 58.1 Å². The molecule has 1 saturated heterocycles. The first-order valence-electron chi connectivity index (χ1n) is 11.5. The molecule has 3 aromatic rings. The van der Waals surface area contributed by atoms with Crippen molar-refractivity contribution in [2.75, 3.05) is 26.8 Å². The van der Waals surface area contributed by atoms with Gasteiger partial charge < -0.3 is 24.4 Å². The lowest BCUT2D eigenvalue weighted by atomic mass is 9.96. The average molecular weight is 465 g/mol. The number of aromatic nitrogens is 3. The molecule has 0 saturated carbocycles. The second-order valence-electron chi connectivity index (χ2n) is 8.84. The standard InChI is InChI=1S/C26H32N4O4/c1-15-9-19(13-32-15)10-23-16(2)25(24-17(3)30-34-18(24)4)29-26(28-23)20-7-6-8-22(11-20)33-14-21(31)12-27-5/h6-8,11,19,21,27,31H,1,9-10,12-14H2,2-5H3/t19-,21?/m0/s1. The fourth-order valence-electron chi connectivity index (χ4n) is 4.25. The summed E-state index contributed by atoms with van der Waals surface area (Å²) in [4.78, 5) is 9.91. The third-order valence-corrected chi connectivity index (χ3v) is 6.01. The van der Waals surface area contributed by atoms with Crippen LogP contribution in [0.25, 0.3) is 22.6 Å². The summed E-state index contributed by atoms with van der Waals surface area (Å²) in [7, 11) is 1.79. The summed E-state index contributed by atoms with van der Waals surface area (Å²) in [6.07, 6.45) is 1.01. The van der Waals surface area contributed by atoms with Crippen LogP contribution in [0.1, 0.15) is 29.1 Å². The van der Waals surface area contributed by atoms with Crippen molar-refractivity contribution in [1.82, 2.24) is 20.4 Å². The van der Waals surface area contributed by atoms with Gasteiger partial charge in [-0.15, -0.1) is 0 Å². The first-order chi connectivity index (χ1) is 16.4. The second kappa shape index (κ2) is 10.4. The number of nitrogens with one attached hydrogen (secondary N) is 1. The number of aliphatic hydroxyl groups excluding tert-OH is 1. The maximum atomic E-state index is 9.97. The van der Waals surface area contributed by atoms with Crippen LogP contribution in [0.3, 0.4) is 0 Å². The largest absolute Gasteiger partial charge is 0.498 e. The number of allylic oxidation sites excluding steroid dienone is 1. The molecule has 0 amide bonds. The zero-order valence-electron chi connectivity index (χ0n) is 20.2. The number of hydrogen-bond acceptors (Lipinski definition) is 8. The number of hydrogen-bond donors (Lipinski definition) is 2. The Labute approximate surface area is 200 Å². The Hall–Kier alpha value is -3.23. The molecule has 0 bridgehead atoms. The van der Waals surface area contributed by atoms with E-state index in [1.807, 2.05) is 45.0 Å². The number of ether oxygens (including phenoxy) is 2. The van der Waals surface area contributed by atoms with E-state index in [-0.39, 0.29) is 6.61 Å². The van der Waals surface area contributed by atoms with E-state index in [9.17, 15) is 5.11 Å². The summed E-state index contributed by atoms with van der Waals surface area (Å²) in [5, 5.41) is 17.0. The van der Waals surface area contributed by atoms with Crippen molar-refractivity contribution in [3.8, 4) is 28.4 Å². The Morgan fingerprint density at radius 3 is 2.76 bits per heavy atom. The average Bonchev–Trinajstić information content (AvgIpc) is 3.38. The number of benzene rings is 1. The van der Waals surface area contributed by atoms with Crippen LogP contribution in [-0.2, 0) is 11.2 Å². The molecule has 3 heterocycles. The fraction of sp³-hybridized carbons (Fsp3) is 0.423. The van der Waals surface area contributed by atoms with Crippen LogP contribution < -0.4 is 10.1 Å². The number of aryl methyl sites for hydroxylation is 2. The third-order valence-electron chi connectivity index (χ3n) is 6.01. The zero-order valence-corrected chi connectivity index (χ0v) is 20.2. The second-order valence-corrected chi connectivity index (χ2v) is 8.84. The highest BCUT2D eigenvalue weighted by Crippen LogP contribution is 2.34. The molecule has 1 aliphatic rings. The van der Waals surface area contributed by atoms with E-state index in [2.05, 4.69) is 17.1 Å². The molecule has 2 atom stereocenters. The summed E-state index contributed by atoms with van der Waals surface area (Å²) in [5.41, 5.74) is 5.34. The summed E-state index contributed by atoms with van der Waals surface area (Å²) >= 11 is 0. The molecule has 0 aliphatic carbocycles. The summed E-state index contributed by atoms with van der Waals surface area (Å²) in [5.74, 6) is 3.14. The van der Waals surface area contributed by atoms with Crippen molar-refractivity contribution in [1.29, 1.82) is 0 Å². The number of aliphatic hydroxyl groups is 1. The van der Waals surface area contributed by atoms with Gasteiger partial charge >= 0.3 is 0 Å². The Kier molecular flexibility index (Phi) is 7.29. The van der Waals surface area contributed by atoms with Crippen molar-refractivity contribution >= 4 is 0 Å². The molecular formula is C26H32N4O4. The van der Waals surface area contributed by atoms with Gasteiger partial charge in [-0.05, 0) is 51.9 Å². The number of rotatable bonds is 9. The van der Waals surface area contributed by atoms with Crippen LogP contribution in [0.4, 0.5) is 0 Å². The molecule has 1 aromatic carbocycles. The lowest BCUT2D eigenvalue weighted by molar-refractivity contribution is 0.108. The maximum absolute atomic E-state index is 9.97. The summed E-state index contributed by atoms with van der Waals surface area (Å²) < 4.78 is 16.8. The molecule has 1 aliphatic heterocycles. The van der Waals surface area contributed by atoms with Gasteiger partial charge in [-0.2, -0.15) is 0 Å². The van der Waals surface area contributed by atoms with Crippen LogP contribution in [0.5, 0.6) is 5.75 Å². The van der Waals surface area contributed by atoms with Gasteiger partial charge in [-0.25, -0.2) is 9.97 Å². The van der Waals surface area contributed by atoms with E-state index in [4.69, 9.17) is 24.0 Å². The Morgan fingerprint density at radius 2 is 2.09 bits per heavy atom. The Balaban J connectivity index is 1.72. The predicted octanol–water partition coefficient (Wildman–Crippen LogP) is 3.78. The van der Waals surface area contributed by atoms with Gasteiger partial charge in [0.15, 0.2) is 5.82 Å². The van der Waals surface area contributed by atoms with Crippen molar-refractivity contribution in [2.45, 2.75) is 39.7 Å². The van der Waals surface area contributed by atoms with Gasteiger partial charge in [0.1, 0.15) is 24.2 Å². The number of nitrogens with zero attached hydrogens (tertiary/aromatic N) is 3. The smallest absolute Gasteiger partial charge is 0.160 e. The van der Waals surface area contributed by atoms with E-state index >= 15 is 0 Å². The minimum atomic E-state index is -0.592. The zero-order chi connectivity index (χ0) is 24.2. The maximum Gasteiger partial charge on any atom is 0.160 e. The van der Waals surface area contributed by atoms with E-state index < -0.39 is 6.10 Å². The minimum absolute atomic E-state index is 0.195. The topological polar surface area (TPSA) is 103 Å². The van der Waals surface area contributed by atoms with Crippen molar-refractivity contribution in [3.05, 3.63) is 59.3 Å². The minimum Gasteiger partial charge on any atom is -0.498 e. The highest BCUT2D eigenvalue weighted by atomic mass is 16.5. The number of likely N-dealkylation sites (N-methyl/N-ethyl adjacent to an activating group) is 1. The Morgan fingerprint density at radius 1 is 1.26 bits per heavy atom. The van der Waals surface area contributed by atoms with Crippen molar-refractivity contribution in [3.63, 3.8) is 0 Å². The molecule has 0 radical (unpaired) electrons. The molecule has 1 fully saturated rings. The van der Waals surface area contributed by atoms with Crippen LogP contribution in [0.2, 0.25) is 0 Å². The molecule has 8 nitrogen and oxygen atoms in total. The van der Waals surface area contributed by atoms with E-state index in [1.165, 1.54) is 0 Å². The Bertz CT molecular complexity index is 1150. The highest BCUT2D eigenvalue weighted by molar-refractivity contribution is 5.71. The predicted molar refractivity (Wildman–Crippen MR) is 130 cm³/mol. The first-order valence-corrected chi connectivity index (χ1v) is 11.5. The summed E-state index contributed by atoms with van der Waals surface area (Å²) in [6, 6.07) is 7.63. The molecule has 4 rings (SSSR count). The molecule has 1 unspecified atom stereocenters. The molecule has 8 heteroatoms. The third kappa shape index (κ3) is 5.29. The molecule has 2 aromatic heterocycles. The lowest BCUT2D eigenvalue weighted by Gasteiger charge is -2.16. The van der Waals surface area contributed by atoms with E-state index in [0.29, 0.717) is 30.6 Å². The van der Waals surface area contributed by atoms with E-state index in [1.54, 1.807) is 7.05 Å². The quantitative estimate of drug-likeness (QED) is 0.493. The van der Waals surface area contributed by atoms with Gasteiger partial charge in [-0.3, -0.25) is 0 Å². The monoisotopic (exact) mass is 464 g/mol. The van der Waals surface area contributed by atoms with Crippen molar-refractivity contribution < 1.29 is 19.1 Å². The van der Waals surface area contributed by atoms with Crippen LogP contribution in [0.15, 0.2) is 41.1 Å². The fourth-order valence-corrected chi connectivity index (χ4v) is 4.25. The SMILES string of the molecule is C=C1C[C@@H](Cc2nc(-c3cccc(OCC(O)CNC)c3)nc(-c3c(C)noc3C)c2C)CO1. The van der Waals surface area contributed by atoms with Crippen LogP contribution >= 0.6 is 0 Å². The normalized spacial score (nSPS) is 16.5. The van der Waals surface area contributed by atoms with Gasteiger partial charge in [0, 0.05) is 30.1 Å². The molecule has 34 heavy (non-hydrogen) atoms.